The number of nitrogens with one attached hydrogen (secondary N) is 1. The zero-order chi connectivity index (χ0) is 31.0. The fourth-order valence-corrected chi connectivity index (χ4v) is 6.67. The molecule has 2 aromatic heterocycles. The van der Waals surface area contributed by atoms with Crippen molar-refractivity contribution in [2.24, 2.45) is 0 Å². The normalized spacial score (nSPS) is 26.2. The Morgan fingerprint density at radius 3 is 2.57 bits per heavy atom. The molecule has 42 heavy (non-hydrogen) atoms. The van der Waals surface area contributed by atoms with Crippen molar-refractivity contribution in [1.82, 2.24) is 24.6 Å². The standard InChI is InChI=1S/C25H34F2N7O6PS/c1-14(2)38-20(35)15(3)32-41(42,40-16-10-8-7-9-11-16)37-12-25(27)21(36)24(4,26)22(39-25)34-13-29-17-18(33(5)6)30-23(28)31-19(17)34/h7-11,13-15,21-22,36H,12H2,1-6H3,(H,32,42)(H2,28,30,31)/t15-,21+,22-,24-,25-,41+/m1/s1. The third kappa shape index (κ3) is 6.48. The Kier molecular flexibility index (Phi) is 9.07. The quantitative estimate of drug-likeness (QED) is 0.210. The maximum absolute atomic E-state index is 16.3. The van der Waals surface area contributed by atoms with Crippen LogP contribution in [0.25, 0.3) is 11.2 Å². The number of hydrogen-bond donors (Lipinski definition) is 3. The van der Waals surface area contributed by atoms with Gasteiger partial charge in [-0.3, -0.25) is 9.36 Å². The first-order valence-corrected chi connectivity index (χ1v) is 15.6. The maximum atomic E-state index is 16.3. The fraction of sp³-hybridized carbons (Fsp3) is 0.520. The number of ether oxygens (including phenoxy) is 2. The number of nitrogens with two attached hydrogens (primary N) is 1. The molecular formula is C25H34F2N7O6PS. The number of halogens is 2. The van der Waals surface area contributed by atoms with E-state index in [0.717, 1.165) is 11.5 Å². The Labute approximate surface area is 246 Å². The molecule has 6 atom stereocenters. The second-order valence-corrected chi connectivity index (χ2v) is 13.6. The summed E-state index contributed by atoms with van der Waals surface area (Å²) in [4.78, 5) is 26.6. The molecule has 1 saturated heterocycles. The number of imidazole rings is 1. The number of aliphatic hydroxyl groups excluding tert-OH is 1. The Morgan fingerprint density at radius 1 is 1.29 bits per heavy atom. The number of carbonyl (C=O) groups is 1. The van der Waals surface area contributed by atoms with Crippen LogP contribution >= 0.6 is 6.64 Å². The van der Waals surface area contributed by atoms with Gasteiger partial charge in [-0.2, -0.15) is 9.97 Å². The SMILES string of the molecule is CC(C)OC(=O)[C@@H](C)N[P@](=S)(OC[C@@]1(F)O[C@@H](n2cnc3c(N(C)C)nc(N)nc32)[C@](C)(F)[C@@H]1O)Oc1ccccc1. The van der Waals surface area contributed by atoms with Gasteiger partial charge in [0.15, 0.2) is 35.0 Å². The largest absolute Gasteiger partial charge is 0.462 e. The highest BCUT2D eigenvalue weighted by Gasteiger charge is 2.65. The van der Waals surface area contributed by atoms with E-state index in [0.29, 0.717) is 5.82 Å². The van der Waals surface area contributed by atoms with Crippen LogP contribution in [0, 0.1) is 0 Å². The van der Waals surface area contributed by atoms with E-state index in [9.17, 15) is 9.90 Å². The van der Waals surface area contributed by atoms with E-state index >= 15 is 8.78 Å². The fourth-order valence-electron chi connectivity index (χ4n) is 4.27. The summed E-state index contributed by atoms with van der Waals surface area (Å²) in [6.07, 6.45) is -3.29. The van der Waals surface area contributed by atoms with Crippen LogP contribution in [0.4, 0.5) is 20.5 Å². The van der Waals surface area contributed by atoms with Crippen LogP contribution in [0.2, 0.25) is 0 Å². The van der Waals surface area contributed by atoms with Gasteiger partial charge in [0.25, 0.3) is 5.85 Å². The molecule has 1 aliphatic rings. The maximum Gasteiger partial charge on any atom is 0.323 e. The second kappa shape index (κ2) is 11.9. The number of aliphatic hydroxyl groups is 1. The van der Waals surface area contributed by atoms with Crippen molar-refractivity contribution in [3.8, 4) is 5.75 Å². The summed E-state index contributed by atoms with van der Waals surface area (Å²) in [6.45, 7) is 1.02. The van der Waals surface area contributed by atoms with Gasteiger partial charge in [-0.1, -0.05) is 18.2 Å². The molecule has 4 rings (SSSR count). The van der Waals surface area contributed by atoms with Crippen LogP contribution in [0.3, 0.4) is 0 Å². The van der Waals surface area contributed by atoms with Crippen LogP contribution in [0.15, 0.2) is 36.7 Å². The number of benzene rings is 1. The van der Waals surface area contributed by atoms with Gasteiger partial charge in [0.2, 0.25) is 5.95 Å². The van der Waals surface area contributed by atoms with Gasteiger partial charge in [0.05, 0.1) is 12.4 Å². The Bertz CT molecular complexity index is 1480. The van der Waals surface area contributed by atoms with E-state index in [1.807, 2.05) is 0 Å². The number of fused-ring (bicyclic) bond motifs is 1. The number of para-hydroxylation sites is 1. The van der Waals surface area contributed by atoms with E-state index in [1.165, 1.54) is 13.3 Å². The van der Waals surface area contributed by atoms with E-state index < -0.39 is 55.2 Å². The number of nitrogen functional groups attached to an aromatic ring is 1. The zero-order valence-corrected chi connectivity index (χ0v) is 25.6. The van der Waals surface area contributed by atoms with Gasteiger partial charge in [0, 0.05) is 14.1 Å². The van der Waals surface area contributed by atoms with Crippen molar-refractivity contribution in [3.63, 3.8) is 0 Å². The van der Waals surface area contributed by atoms with E-state index in [4.69, 9.17) is 36.1 Å². The summed E-state index contributed by atoms with van der Waals surface area (Å²) in [5, 5.41) is 13.6. The zero-order valence-electron chi connectivity index (χ0n) is 23.9. The van der Waals surface area contributed by atoms with E-state index in [1.54, 1.807) is 63.2 Å². The number of aromatic nitrogens is 4. The molecule has 0 aliphatic carbocycles. The highest BCUT2D eigenvalue weighted by Crippen LogP contribution is 2.52. The van der Waals surface area contributed by atoms with Crippen LogP contribution in [-0.4, -0.2) is 81.1 Å². The molecule has 0 spiro atoms. The molecule has 0 radical (unpaired) electrons. The number of nitrogens with zero attached hydrogens (tertiary/aromatic N) is 5. The van der Waals surface area contributed by atoms with Gasteiger partial charge < -0.3 is 34.3 Å². The number of rotatable bonds is 11. The average Bonchev–Trinajstić information content (AvgIpc) is 3.39. The van der Waals surface area contributed by atoms with Crippen molar-refractivity contribution >= 4 is 47.3 Å². The predicted molar refractivity (Wildman–Crippen MR) is 155 cm³/mol. The molecule has 1 aliphatic heterocycles. The van der Waals surface area contributed by atoms with E-state index in [2.05, 4.69) is 20.0 Å². The van der Waals surface area contributed by atoms with Gasteiger partial charge >= 0.3 is 12.6 Å². The number of hydrogen-bond acceptors (Lipinski definition) is 12. The minimum absolute atomic E-state index is 0.0640. The molecule has 1 fully saturated rings. The Hall–Kier alpha value is -3.01. The third-order valence-corrected chi connectivity index (χ3v) is 8.77. The van der Waals surface area contributed by atoms with Gasteiger partial charge in [-0.05, 0) is 51.6 Å². The van der Waals surface area contributed by atoms with Gasteiger partial charge in [0.1, 0.15) is 18.4 Å². The first kappa shape index (κ1) is 31.9. The lowest BCUT2D eigenvalue weighted by Gasteiger charge is -2.30. The molecule has 13 nitrogen and oxygen atoms in total. The van der Waals surface area contributed by atoms with Crippen molar-refractivity contribution in [3.05, 3.63) is 36.7 Å². The lowest BCUT2D eigenvalue weighted by molar-refractivity contribution is -0.202. The molecule has 230 valence electrons. The summed E-state index contributed by atoms with van der Waals surface area (Å²) in [6, 6.07) is 7.26. The molecule has 0 saturated carbocycles. The number of carbonyl (C=O) groups excluding carboxylic acids is 1. The number of alkyl halides is 2. The smallest absolute Gasteiger partial charge is 0.323 e. The highest BCUT2D eigenvalue weighted by atomic mass is 32.5. The topological polar surface area (TPSA) is 159 Å². The summed E-state index contributed by atoms with van der Waals surface area (Å²) >= 11 is 5.60. The third-order valence-electron chi connectivity index (χ3n) is 6.29. The van der Waals surface area contributed by atoms with Crippen molar-refractivity contribution < 1.29 is 37.2 Å². The molecule has 4 N–H and O–H groups in total. The van der Waals surface area contributed by atoms with Crippen LogP contribution < -0.4 is 20.2 Å². The number of esters is 1. The lowest BCUT2D eigenvalue weighted by atomic mass is 9.97. The summed E-state index contributed by atoms with van der Waals surface area (Å²) < 4.78 is 55.8. The Balaban J connectivity index is 1.62. The minimum Gasteiger partial charge on any atom is -0.462 e. The first-order valence-electron chi connectivity index (χ1n) is 12.9. The molecule has 0 bridgehead atoms. The van der Waals surface area contributed by atoms with Crippen LogP contribution in [0.5, 0.6) is 5.75 Å². The minimum atomic E-state index is -3.73. The average molecular weight is 630 g/mol. The molecule has 17 heteroatoms. The second-order valence-electron chi connectivity index (χ2n) is 10.4. The summed E-state index contributed by atoms with van der Waals surface area (Å²) in [5.41, 5.74) is 3.48. The van der Waals surface area contributed by atoms with E-state index in [-0.39, 0.29) is 22.9 Å². The monoisotopic (exact) mass is 629 g/mol. The number of anilines is 2. The van der Waals surface area contributed by atoms with Gasteiger partial charge in [-0.15, -0.1) is 0 Å². The highest BCUT2D eigenvalue weighted by molar-refractivity contribution is 8.09. The van der Waals surface area contributed by atoms with Crippen molar-refractivity contribution in [2.45, 2.75) is 63.7 Å². The molecular weight excluding hydrogens is 595 g/mol. The molecule has 3 heterocycles. The van der Waals surface area contributed by atoms with Crippen molar-refractivity contribution in [2.75, 3.05) is 31.3 Å². The predicted octanol–water partition coefficient (Wildman–Crippen LogP) is 3.01. The molecule has 0 unspecified atom stereocenters. The summed E-state index contributed by atoms with van der Waals surface area (Å²) in [7, 11) is 3.41. The molecule has 3 aromatic rings. The molecule has 0 amide bonds. The Morgan fingerprint density at radius 2 is 1.95 bits per heavy atom. The van der Waals surface area contributed by atoms with Gasteiger partial charge in [-0.25, -0.2) is 18.9 Å². The molecule has 1 aromatic carbocycles. The van der Waals surface area contributed by atoms with Crippen molar-refractivity contribution in [1.29, 1.82) is 0 Å². The first-order chi connectivity index (χ1) is 19.6. The van der Waals surface area contributed by atoms with Crippen LogP contribution in [-0.2, 0) is 30.6 Å². The summed E-state index contributed by atoms with van der Waals surface area (Å²) in [5.74, 6) is -3.27. The lowest BCUT2D eigenvalue weighted by Crippen LogP contribution is -2.47. The van der Waals surface area contributed by atoms with Crippen LogP contribution in [0.1, 0.15) is 33.9 Å².